The molecule has 0 bridgehead atoms. The molecule has 0 aromatic heterocycles. The third kappa shape index (κ3) is 2.12. The molecule has 1 unspecified atom stereocenters. The summed E-state index contributed by atoms with van der Waals surface area (Å²) in [6, 6.07) is 17.6. The molecule has 0 saturated carbocycles. The van der Waals surface area contributed by atoms with Crippen LogP contribution < -0.4 is 9.47 Å². The van der Waals surface area contributed by atoms with Crippen LogP contribution in [0.1, 0.15) is 17.0 Å². The van der Waals surface area contributed by atoms with Crippen LogP contribution in [0.4, 0.5) is 0 Å². The quantitative estimate of drug-likeness (QED) is 0.829. The van der Waals surface area contributed by atoms with Crippen molar-refractivity contribution in [2.45, 2.75) is 5.92 Å². The lowest BCUT2D eigenvalue weighted by Gasteiger charge is -2.22. The smallest absolute Gasteiger partial charge is 0.132 e. The van der Waals surface area contributed by atoms with E-state index in [0.29, 0.717) is 5.75 Å². The Morgan fingerprint density at radius 3 is 2.65 bits per heavy atom. The van der Waals surface area contributed by atoms with E-state index in [1.54, 1.807) is 7.11 Å². The van der Waals surface area contributed by atoms with E-state index in [0.717, 1.165) is 22.6 Å². The standard InChI is InChI=1S/C17H13NO2/c1-19-14-7-8-16-15(10-14)13(11-18)9-17(20-16)12-5-3-2-4-6-12/h2-10,13H,1H3. The summed E-state index contributed by atoms with van der Waals surface area (Å²) in [5, 5.41) is 9.38. The van der Waals surface area contributed by atoms with E-state index in [4.69, 9.17) is 9.47 Å². The summed E-state index contributed by atoms with van der Waals surface area (Å²) < 4.78 is 11.1. The maximum absolute atomic E-state index is 9.38. The Balaban J connectivity index is 2.04. The third-order valence-corrected chi connectivity index (χ3v) is 3.29. The van der Waals surface area contributed by atoms with Gasteiger partial charge in [0.2, 0.25) is 0 Å². The van der Waals surface area contributed by atoms with Crippen LogP contribution in [0.15, 0.2) is 54.6 Å². The number of ether oxygens (including phenoxy) is 2. The van der Waals surface area contributed by atoms with Crippen LogP contribution in [0.25, 0.3) is 5.76 Å². The maximum atomic E-state index is 9.38. The summed E-state index contributed by atoms with van der Waals surface area (Å²) >= 11 is 0. The van der Waals surface area contributed by atoms with Gasteiger partial charge in [-0.15, -0.1) is 0 Å². The van der Waals surface area contributed by atoms with E-state index in [-0.39, 0.29) is 5.92 Å². The summed E-state index contributed by atoms with van der Waals surface area (Å²) in [5.41, 5.74) is 1.81. The lowest BCUT2D eigenvalue weighted by molar-refractivity contribution is 0.411. The number of hydrogen-bond acceptors (Lipinski definition) is 3. The summed E-state index contributed by atoms with van der Waals surface area (Å²) in [5.74, 6) is 1.82. The topological polar surface area (TPSA) is 42.2 Å². The van der Waals surface area contributed by atoms with Gasteiger partial charge in [-0.2, -0.15) is 5.26 Å². The van der Waals surface area contributed by atoms with Crippen molar-refractivity contribution in [1.82, 2.24) is 0 Å². The Morgan fingerprint density at radius 1 is 1.15 bits per heavy atom. The monoisotopic (exact) mass is 263 g/mol. The Morgan fingerprint density at radius 2 is 1.95 bits per heavy atom. The number of fused-ring (bicyclic) bond motifs is 1. The summed E-state index contributed by atoms with van der Waals surface area (Å²) in [4.78, 5) is 0. The number of rotatable bonds is 2. The Kier molecular flexibility index (Phi) is 3.14. The van der Waals surface area contributed by atoms with Gasteiger partial charge in [0.25, 0.3) is 0 Å². The van der Waals surface area contributed by atoms with Gasteiger partial charge >= 0.3 is 0 Å². The minimum Gasteiger partial charge on any atom is -0.497 e. The van der Waals surface area contributed by atoms with Crippen molar-refractivity contribution in [2.24, 2.45) is 0 Å². The molecular formula is C17H13NO2. The highest BCUT2D eigenvalue weighted by molar-refractivity contribution is 5.68. The van der Waals surface area contributed by atoms with Gasteiger partial charge in [0.15, 0.2) is 0 Å². The molecule has 0 radical (unpaired) electrons. The van der Waals surface area contributed by atoms with Crippen LogP contribution in [-0.4, -0.2) is 7.11 Å². The zero-order valence-electron chi connectivity index (χ0n) is 11.0. The van der Waals surface area contributed by atoms with Gasteiger partial charge in [-0.1, -0.05) is 30.3 Å². The van der Waals surface area contributed by atoms with Crippen LogP contribution in [0, 0.1) is 11.3 Å². The number of benzene rings is 2. The zero-order valence-corrected chi connectivity index (χ0v) is 11.0. The highest BCUT2D eigenvalue weighted by atomic mass is 16.5. The number of allylic oxidation sites excluding steroid dienone is 1. The van der Waals surface area contributed by atoms with E-state index in [9.17, 15) is 5.26 Å². The SMILES string of the molecule is COc1ccc2c(c1)C(C#N)C=C(c1ccccc1)O2. The molecule has 0 fully saturated rings. The lowest BCUT2D eigenvalue weighted by Crippen LogP contribution is -2.08. The fraction of sp³-hybridized carbons (Fsp3) is 0.118. The number of nitriles is 1. The van der Waals surface area contributed by atoms with E-state index in [1.165, 1.54) is 0 Å². The Bertz CT molecular complexity index is 699. The molecule has 0 spiro atoms. The van der Waals surface area contributed by atoms with Crippen LogP contribution in [0.5, 0.6) is 11.5 Å². The van der Waals surface area contributed by atoms with Crippen molar-refractivity contribution in [3.8, 4) is 17.6 Å². The second-order valence-corrected chi connectivity index (χ2v) is 4.51. The predicted octanol–water partition coefficient (Wildman–Crippen LogP) is 3.74. The van der Waals surface area contributed by atoms with Crippen LogP contribution in [0.2, 0.25) is 0 Å². The molecule has 1 aliphatic rings. The molecule has 2 aromatic rings. The van der Waals surface area contributed by atoms with Crippen molar-refractivity contribution in [2.75, 3.05) is 7.11 Å². The number of nitrogens with zero attached hydrogens (tertiary/aromatic N) is 1. The minimum atomic E-state index is -0.330. The zero-order chi connectivity index (χ0) is 13.9. The molecule has 0 aliphatic carbocycles. The van der Waals surface area contributed by atoms with Gasteiger partial charge in [0.1, 0.15) is 17.3 Å². The molecular weight excluding hydrogens is 250 g/mol. The predicted molar refractivity (Wildman–Crippen MR) is 76.4 cm³/mol. The van der Waals surface area contributed by atoms with Gasteiger partial charge in [0.05, 0.1) is 19.1 Å². The molecule has 1 aliphatic heterocycles. The van der Waals surface area contributed by atoms with Gasteiger partial charge < -0.3 is 9.47 Å². The summed E-state index contributed by atoms with van der Waals surface area (Å²) in [7, 11) is 1.61. The number of methoxy groups -OCH3 is 1. The summed E-state index contributed by atoms with van der Waals surface area (Å²) in [6.07, 6.45) is 1.84. The first-order valence-corrected chi connectivity index (χ1v) is 6.34. The van der Waals surface area contributed by atoms with Crippen LogP contribution in [-0.2, 0) is 0 Å². The second kappa shape index (κ2) is 5.10. The van der Waals surface area contributed by atoms with E-state index >= 15 is 0 Å². The molecule has 2 aromatic carbocycles. The van der Waals surface area contributed by atoms with Crippen molar-refractivity contribution < 1.29 is 9.47 Å². The largest absolute Gasteiger partial charge is 0.497 e. The maximum Gasteiger partial charge on any atom is 0.132 e. The van der Waals surface area contributed by atoms with E-state index < -0.39 is 0 Å². The fourth-order valence-corrected chi connectivity index (χ4v) is 2.25. The molecule has 3 nitrogen and oxygen atoms in total. The molecule has 0 N–H and O–H groups in total. The van der Waals surface area contributed by atoms with Gasteiger partial charge in [-0.05, 0) is 24.3 Å². The molecule has 0 amide bonds. The molecule has 1 atom stereocenters. The van der Waals surface area contributed by atoms with Gasteiger partial charge in [-0.25, -0.2) is 0 Å². The molecule has 3 rings (SSSR count). The highest BCUT2D eigenvalue weighted by Crippen LogP contribution is 2.38. The minimum absolute atomic E-state index is 0.330. The van der Waals surface area contributed by atoms with Crippen LogP contribution >= 0.6 is 0 Å². The summed E-state index contributed by atoms with van der Waals surface area (Å²) in [6.45, 7) is 0. The first-order chi connectivity index (χ1) is 9.81. The molecule has 20 heavy (non-hydrogen) atoms. The van der Waals surface area contributed by atoms with Crippen molar-refractivity contribution >= 4 is 5.76 Å². The van der Waals surface area contributed by atoms with Gasteiger partial charge in [-0.3, -0.25) is 0 Å². The van der Waals surface area contributed by atoms with E-state index in [2.05, 4.69) is 6.07 Å². The van der Waals surface area contributed by atoms with Crippen molar-refractivity contribution in [1.29, 1.82) is 5.26 Å². The Labute approximate surface area is 117 Å². The van der Waals surface area contributed by atoms with Crippen molar-refractivity contribution in [3.05, 3.63) is 65.7 Å². The van der Waals surface area contributed by atoms with E-state index in [1.807, 2.05) is 54.6 Å². The molecule has 98 valence electrons. The Hall–Kier alpha value is -2.73. The first-order valence-electron chi connectivity index (χ1n) is 6.34. The molecule has 3 heteroatoms. The lowest BCUT2D eigenvalue weighted by atomic mass is 9.95. The normalized spacial score (nSPS) is 16.4. The fourth-order valence-electron chi connectivity index (χ4n) is 2.25. The second-order valence-electron chi connectivity index (χ2n) is 4.51. The molecule has 0 saturated heterocycles. The van der Waals surface area contributed by atoms with Gasteiger partial charge in [0, 0.05) is 11.1 Å². The average Bonchev–Trinajstić information content (AvgIpc) is 2.54. The number of hydrogen-bond donors (Lipinski definition) is 0. The van der Waals surface area contributed by atoms with Crippen LogP contribution in [0.3, 0.4) is 0 Å². The third-order valence-electron chi connectivity index (χ3n) is 3.29. The molecule has 1 heterocycles. The highest BCUT2D eigenvalue weighted by Gasteiger charge is 2.23. The average molecular weight is 263 g/mol. The first kappa shape index (κ1) is 12.3. The van der Waals surface area contributed by atoms with Crippen molar-refractivity contribution in [3.63, 3.8) is 0 Å².